The van der Waals surface area contributed by atoms with Crippen LogP contribution in [0.15, 0.2) is 54.6 Å². The van der Waals surface area contributed by atoms with E-state index in [1.807, 2.05) is 18.2 Å². The van der Waals surface area contributed by atoms with Gasteiger partial charge in [0.15, 0.2) is 5.11 Å². The zero-order chi connectivity index (χ0) is 16.5. The van der Waals surface area contributed by atoms with Crippen molar-refractivity contribution in [3.8, 4) is 0 Å². The number of halogens is 1. The zero-order valence-electron chi connectivity index (χ0n) is 12.5. The molecular formula is C17H18ClN3OS. The Kier molecular flexibility index (Phi) is 6.84. The molecule has 0 aliphatic carbocycles. The van der Waals surface area contributed by atoms with Crippen LogP contribution in [0.1, 0.15) is 22.3 Å². The summed E-state index contributed by atoms with van der Waals surface area (Å²) >= 11 is 11.0. The van der Waals surface area contributed by atoms with E-state index < -0.39 is 0 Å². The van der Waals surface area contributed by atoms with Crippen LogP contribution in [0.4, 0.5) is 0 Å². The molecule has 4 nitrogen and oxygen atoms in total. The lowest BCUT2D eigenvalue weighted by molar-refractivity contribution is 0.0943. The van der Waals surface area contributed by atoms with Crippen LogP contribution in [0.25, 0.3) is 0 Å². The number of amides is 1. The van der Waals surface area contributed by atoms with Gasteiger partial charge in [-0.05, 0) is 48.8 Å². The average Bonchev–Trinajstić information content (AvgIpc) is 2.57. The number of hydrazine groups is 1. The highest BCUT2D eigenvalue weighted by atomic mass is 35.5. The highest BCUT2D eigenvalue weighted by Gasteiger charge is 2.05. The smallest absolute Gasteiger partial charge is 0.269 e. The minimum atomic E-state index is -0.291. The summed E-state index contributed by atoms with van der Waals surface area (Å²) in [6.45, 7) is 0.730. The standard InChI is InChI=1S/C17H18ClN3OS/c18-15-10-4-9-14(12-15)16(22)20-21-17(23)19-11-5-8-13-6-2-1-3-7-13/h1-4,6-7,9-10,12H,5,8,11H2,(H,20,22)(H2,19,21,23). The van der Waals surface area contributed by atoms with Crippen molar-refractivity contribution in [3.63, 3.8) is 0 Å². The van der Waals surface area contributed by atoms with Crippen LogP contribution in [0, 0.1) is 0 Å². The Hall–Kier alpha value is -2.11. The largest absolute Gasteiger partial charge is 0.361 e. The van der Waals surface area contributed by atoms with Crippen molar-refractivity contribution in [2.45, 2.75) is 12.8 Å². The number of benzene rings is 2. The molecule has 0 unspecified atom stereocenters. The minimum absolute atomic E-state index is 0.291. The number of nitrogens with one attached hydrogen (secondary N) is 3. The van der Waals surface area contributed by atoms with Gasteiger partial charge in [-0.3, -0.25) is 15.6 Å². The predicted octanol–water partition coefficient (Wildman–Crippen LogP) is 3.08. The molecule has 1 amide bonds. The van der Waals surface area contributed by atoms with Crippen molar-refractivity contribution in [2.24, 2.45) is 0 Å². The van der Waals surface area contributed by atoms with Crippen LogP contribution in [0.5, 0.6) is 0 Å². The summed E-state index contributed by atoms with van der Waals surface area (Å²) in [7, 11) is 0. The molecule has 0 saturated carbocycles. The molecule has 2 rings (SSSR count). The van der Waals surface area contributed by atoms with Crippen LogP contribution < -0.4 is 16.2 Å². The number of hydrogen-bond donors (Lipinski definition) is 3. The van der Waals surface area contributed by atoms with Crippen molar-refractivity contribution < 1.29 is 4.79 Å². The van der Waals surface area contributed by atoms with E-state index in [0.717, 1.165) is 19.4 Å². The zero-order valence-corrected chi connectivity index (χ0v) is 14.1. The molecule has 0 aliphatic rings. The number of rotatable bonds is 5. The van der Waals surface area contributed by atoms with Gasteiger partial charge in [0.25, 0.3) is 5.91 Å². The summed E-state index contributed by atoms with van der Waals surface area (Å²) in [6.07, 6.45) is 1.93. The second-order valence-corrected chi connectivity index (χ2v) is 5.78. The third kappa shape index (κ3) is 6.26. The molecule has 0 bridgehead atoms. The number of hydrogen-bond acceptors (Lipinski definition) is 2. The molecule has 0 radical (unpaired) electrons. The molecule has 0 aromatic heterocycles. The Morgan fingerprint density at radius 1 is 1.04 bits per heavy atom. The summed E-state index contributed by atoms with van der Waals surface area (Å²) in [5, 5.41) is 3.95. The number of carbonyl (C=O) groups is 1. The van der Waals surface area contributed by atoms with Gasteiger partial charge >= 0.3 is 0 Å². The molecule has 3 N–H and O–H groups in total. The molecule has 23 heavy (non-hydrogen) atoms. The molecule has 0 heterocycles. The first-order valence-electron chi connectivity index (χ1n) is 7.29. The monoisotopic (exact) mass is 347 g/mol. The first-order chi connectivity index (χ1) is 11.1. The highest BCUT2D eigenvalue weighted by Crippen LogP contribution is 2.10. The fraction of sp³-hybridized carbons (Fsp3) is 0.176. The van der Waals surface area contributed by atoms with Crippen molar-refractivity contribution in [2.75, 3.05) is 6.54 Å². The van der Waals surface area contributed by atoms with Gasteiger partial charge in [-0.25, -0.2) is 0 Å². The first kappa shape index (κ1) is 17.2. The average molecular weight is 348 g/mol. The number of thiocarbonyl (C=S) groups is 1. The molecule has 120 valence electrons. The second-order valence-electron chi connectivity index (χ2n) is 4.93. The summed E-state index contributed by atoms with van der Waals surface area (Å²) in [4.78, 5) is 11.9. The van der Waals surface area contributed by atoms with Gasteiger partial charge in [0.05, 0.1) is 0 Å². The van der Waals surface area contributed by atoms with E-state index >= 15 is 0 Å². The normalized spacial score (nSPS) is 9.96. The molecule has 0 fully saturated rings. The van der Waals surface area contributed by atoms with Crippen molar-refractivity contribution in [1.29, 1.82) is 0 Å². The van der Waals surface area contributed by atoms with Gasteiger partial charge in [-0.2, -0.15) is 0 Å². The molecular weight excluding hydrogens is 330 g/mol. The van der Waals surface area contributed by atoms with Gasteiger partial charge in [0.2, 0.25) is 0 Å². The van der Waals surface area contributed by atoms with Crippen LogP contribution in [0.2, 0.25) is 5.02 Å². The summed E-state index contributed by atoms with van der Waals surface area (Å²) < 4.78 is 0. The van der Waals surface area contributed by atoms with E-state index in [1.165, 1.54) is 5.56 Å². The maximum absolute atomic E-state index is 11.9. The van der Waals surface area contributed by atoms with Crippen LogP contribution in [-0.2, 0) is 6.42 Å². The van der Waals surface area contributed by atoms with Crippen LogP contribution in [0.3, 0.4) is 0 Å². The summed E-state index contributed by atoms with van der Waals surface area (Å²) in [5.41, 5.74) is 6.97. The van der Waals surface area contributed by atoms with Gasteiger partial charge < -0.3 is 5.32 Å². The van der Waals surface area contributed by atoms with Crippen molar-refractivity contribution in [1.82, 2.24) is 16.2 Å². The fourth-order valence-corrected chi connectivity index (χ4v) is 2.34. The minimum Gasteiger partial charge on any atom is -0.361 e. The Bertz CT molecular complexity index is 664. The lowest BCUT2D eigenvalue weighted by Crippen LogP contribution is -2.47. The summed E-state index contributed by atoms with van der Waals surface area (Å²) in [6, 6.07) is 17.0. The lowest BCUT2D eigenvalue weighted by atomic mass is 10.1. The second kappa shape index (κ2) is 9.12. The van der Waals surface area contributed by atoms with E-state index in [2.05, 4.69) is 28.3 Å². The van der Waals surface area contributed by atoms with E-state index in [4.69, 9.17) is 23.8 Å². The van der Waals surface area contributed by atoms with E-state index in [1.54, 1.807) is 24.3 Å². The van der Waals surface area contributed by atoms with Crippen molar-refractivity contribution >= 4 is 34.8 Å². The lowest BCUT2D eigenvalue weighted by Gasteiger charge is -2.11. The Balaban J connectivity index is 1.64. The van der Waals surface area contributed by atoms with E-state index in [9.17, 15) is 4.79 Å². The Morgan fingerprint density at radius 2 is 1.83 bits per heavy atom. The topological polar surface area (TPSA) is 53.2 Å². The maximum atomic E-state index is 11.9. The maximum Gasteiger partial charge on any atom is 0.269 e. The quantitative estimate of drug-likeness (QED) is 0.442. The van der Waals surface area contributed by atoms with E-state index in [0.29, 0.717) is 15.7 Å². The fourth-order valence-electron chi connectivity index (χ4n) is 2.00. The SMILES string of the molecule is O=C(NNC(=S)NCCCc1ccccc1)c1cccc(Cl)c1. The molecule has 0 saturated heterocycles. The molecule has 2 aromatic carbocycles. The van der Waals surface area contributed by atoms with Gasteiger partial charge in [0.1, 0.15) is 0 Å². The van der Waals surface area contributed by atoms with Crippen LogP contribution in [-0.4, -0.2) is 17.6 Å². The predicted molar refractivity (Wildman–Crippen MR) is 97.4 cm³/mol. The molecule has 0 atom stereocenters. The molecule has 0 aliphatic heterocycles. The highest BCUT2D eigenvalue weighted by molar-refractivity contribution is 7.80. The van der Waals surface area contributed by atoms with Gasteiger partial charge in [0, 0.05) is 17.1 Å². The van der Waals surface area contributed by atoms with Gasteiger partial charge in [-0.1, -0.05) is 48.0 Å². The van der Waals surface area contributed by atoms with Crippen molar-refractivity contribution in [3.05, 3.63) is 70.7 Å². The molecule has 0 spiro atoms. The Morgan fingerprint density at radius 3 is 2.57 bits per heavy atom. The van der Waals surface area contributed by atoms with Crippen LogP contribution >= 0.6 is 23.8 Å². The van der Waals surface area contributed by atoms with E-state index in [-0.39, 0.29) is 5.91 Å². The third-order valence-electron chi connectivity index (χ3n) is 3.15. The summed E-state index contributed by atoms with van der Waals surface area (Å²) in [5.74, 6) is -0.291. The first-order valence-corrected chi connectivity index (χ1v) is 8.07. The molecule has 6 heteroatoms. The van der Waals surface area contributed by atoms with Gasteiger partial charge in [-0.15, -0.1) is 0 Å². The number of carbonyl (C=O) groups excluding carboxylic acids is 1. The third-order valence-corrected chi connectivity index (χ3v) is 3.63. The number of aryl methyl sites for hydroxylation is 1. The Labute approximate surface area is 146 Å². The molecule has 2 aromatic rings.